The molecule has 7 heteroatoms. The minimum atomic E-state index is -3.54. The molecule has 2 aromatic rings. The Bertz CT molecular complexity index is 671. The van der Waals surface area contributed by atoms with Gasteiger partial charge in [-0.2, -0.15) is 4.31 Å². The molecule has 0 aliphatic heterocycles. The van der Waals surface area contributed by atoms with Crippen LogP contribution >= 0.6 is 22.9 Å². The van der Waals surface area contributed by atoms with Gasteiger partial charge in [0.05, 0.1) is 4.34 Å². The molecule has 0 saturated heterocycles. The second-order valence-corrected chi connectivity index (χ2v) is 8.40. The summed E-state index contributed by atoms with van der Waals surface area (Å²) in [6, 6.07) is 12.7. The lowest BCUT2D eigenvalue weighted by atomic mass is 10.2. The second kappa shape index (κ2) is 7.38. The SMILES string of the molecule is NCCCN(Cc1ccccc1)S(=O)(=O)c1ccc(Cl)s1. The maximum atomic E-state index is 12.7. The second-order valence-electron chi connectivity index (χ2n) is 4.52. The van der Waals surface area contributed by atoms with Gasteiger partial charge in [0, 0.05) is 13.1 Å². The average molecular weight is 345 g/mol. The van der Waals surface area contributed by atoms with E-state index in [1.807, 2.05) is 30.3 Å². The number of sulfonamides is 1. The topological polar surface area (TPSA) is 63.4 Å². The Hall–Kier alpha value is -0.920. The van der Waals surface area contributed by atoms with Gasteiger partial charge in [0.25, 0.3) is 10.0 Å². The number of nitrogens with two attached hydrogens (primary N) is 1. The summed E-state index contributed by atoms with van der Waals surface area (Å²) < 4.78 is 27.6. The van der Waals surface area contributed by atoms with Crippen LogP contribution in [0.5, 0.6) is 0 Å². The quantitative estimate of drug-likeness (QED) is 0.839. The molecule has 0 fully saturated rings. The summed E-state index contributed by atoms with van der Waals surface area (Å²) in [4.78, 5) is 0. The Morgan fingerprint density at radius 1 is 1.14 bits per heavy atom. The van der Waals surface area contributed by atoms with Crippen molar-refractivity contribution in [2.45, 2.75) is 17.2 Å². The number of halogens is 1. The number of benzene rings is 1. The van der Waals surface area contributed by atoms with Crippen LogP contribution in [0.15, 0.2) is 46.7 Å². The number of hydrogen-bond acceptors (Lipinski definition) is 4. The van der Waals surface area contributed by atoms with Gasteiger partial charge >= 0.3 is 0 Å². The third kappa shape index (κ3) is 4.28. The van der Waals surface area contributed by atoms with Gasteiger partial charge in [-0.15, -0.1) is 11.3 Å². The third-order valence-electron chi connectivity index (χ3n) is 2.96. The minimum Gasteiger partial charge on any atom is -0.330 e. The summed E-state index contributed by atoms with van der Waals surface area (Å²) >= 11 is 6.92. The van der Waals surface area contributed by atoms with Gasteiger partial charge in [-0.1, -0.05) is 41.9 Å². The molecule has 4 nitrogen and oxygen atoms in total. The maximum Gasteiger partial charge on any atom is 0.252 e. The van der Waals surface area contributed by atoms with E-state index in [0.717, 1.165) is 16.9 Å². The molecule has 1 heterocycles. The Morgan fingerprint density at radius 3 is 2.43 bits per heavy atom. The predicted octanol–water partition coefficient (Wildman–Crippen LogP) is 2.94. The molecule has 0 aliphatic rings. The third-order valence-corrected chi connectivity index (χ3v) is 6.50. The highest BCUT2D eigenvalue weighted by Gasteiger charge is 2.25. The van der Waals surface area contributed by atoms with Gasteiger partial charge in [-0.25, -0.2) is 8.42 Å². The molecular weight excluding hydrogens is 328 g/mol. The maximum absolute atomic E-state index is 12.7. The van der Waals surface area contributed by atoms with E-state index in [1.165, 1.54) is 4.31 Å². The summed E-state index contributed by atoms with van der Waals surface area (Å²) in [7, 11) is -3.54. The molecule has 0 saturated carbocycles. The van der Waals surface area contributed by atoms with Crippen molar-refractivity contribution in [3.8, 4) is 0 Å². The Labute approximate surface area is 134 Å². The standard InChI is InChI=1S/C14H17ClN2O2S2/c15-13-7-8-14(20-13)21(18,19)17(10-4-9-16)11-12-5-2-1-3-6-12/h1-3,5-8H,4,9-11,16H2. The van der Waals surface area contributed by atoms with Crippen LogP contribution in [0, 0.1) is 0 Å². The van der Waals surface area contributed by atoms with Crippen LogP contribution in [-0.2, 0) is 16.6 Å². The monoisotopic (exact) mass is 344 g/mol. The normalized spacial score (nSPS) is 12.0. The summed E-state index contributed by atoms with van der Waals surface area (Å²) in [5.41, 5.74) is 6.46. The lowest BCUT2D eigenvalue weighted by Gasteiger charge is -2.21. The molecule has 2 N–H and O–H groups in total. The van der Waals surface area contributed by atoms with E-state index in [9.17, 15) is 8.42 Å². The smallest absolute Gasteiger partial charge is 0.252 e. The highest BCUT2D eigenvalue weighted by atomic mass is 35.5. The molecule has 1 aromatic carbocycles. The van der Waals surface area contributed by atoms with Crippen LogP contribution < -0.4 is 5.73 Å². The molecule has 0 atom stereocenters. The lowest BCUT2D eigenvalue weighted by molar-refractivity contribution is 0.403. The molecule has 0 amide bonds. The van der Waals surface area contributed by atoms with Gasteiger partial charge in [0.15, 0.2) is 0 Å². The largest absolute Gasteiger partial charge is 0.330 e. The van der Waals surface area contributed by atoms with Crippen LogP contribution in [0.3, 0.4) is 0 Å². The first-order chi connectivity index (χ1) is 10.0. The van der Waals surface area contributed by atoms with Gasteiger partial charge in [-0.05, 0) is 30.7 Å². The number of nitrogens with zero attached hydrogens (tertiary/aromatic N) is 1. The number of thiophene rings is 1. The van der Waals surface area contributed by atoms with E-state index >= 15 is 0 Å². The van der Waals surface area contributed by atoms with Crippen molar-refractivity contribution in [1.82, 2.24) is 4.31 Å². The lowest BCUT2D eigenvalue weighted by Crippen LogP contribution is -2.32. The van der Waals surface area contributed by atoms with Gasteiger partial charge in [-0.3, -0.25) is 0 Å². The van der Waals surface area contributed by atoms with Crippen molar-refractivity contribution >= 4 is 33.0 Å². The van der Waals surface area contributed by atoms with Crippen LogP contribution in [0.2, 0.25) is 4.34 Å². The molecule has 21 heavy (non-hydrogen) atoms. The molecule has 1 aromatic heterocycles. The molecule has 0 bridgehead atoms. The van der Waals surface area contributed by atoms with Gasteiger partial charge < -0.3 is 5.73 Å². The van der Waals surface area contributed by atoms with Crippen molar-refractivity contribution in [1.29, 1.82) is 0 Å². The van der Waals surface area contributed by atoms with E-state index in [0.29, 0.717) is 30.4 Å². The van der Waals surface area contributed by atoms with Crippen LogP contribution in [0.4, 0.5) is 0 Å². The first kappa shape index (κ1) is 16.5. The molecular formula is C14H17ClN2O2S2. The number of hydrogen-bond donors (Lipinski definition) is 1. The van der Waals surface area contributed by atoms with E-state index in [4.69, 9.17) is 17.3 Å². The van der Waals surface area contributed by atoms with Crippen molar-refractivity contribution in [3.05, 3.63) is 52.4 Å². The molecule has 114 valence electrons. The highest BCUT2D eigenvalue weighted by molar-refractivity contribution is 7.91. The predicted molar refractivity (Wildman–Crippen MR) is 87.0 cm³/mol. The van der Waals surface area contributed by atoms with Crippen LogP contribution in [-0.4, -0.2) is 25.8 Å². The van der Waals surface area contributed by atoms with Gasteiger partial charge in [0.2, 0.25) is 0 Å². The average Bonchev–Trinajstić information content (AvgIpc) is 2.92. The minimum absolute atomic E-state index is 0.264. The first-order valence-corrected chi connectivity index (χ1v) is 9.17. The van der Waals surface area contributed by atoms with E-state index in [-0.39, 0.29) is 4.21 Å². The van der Waals surface area contributed by atoms with E-state index in [1.54, 1.807) is 12.1 Å². The molecule has 0 aliphatic carbocycles. The summed E-state index contributed by atoms with van der Waals surface area (Å²) in [6.07, 6.45) is 0.616. The molecule has 2 rings (SSSR count). The molecule has 0 radical (unpaired) electrons. The molecule has 0 spiro atoms. The Kier molecular flexibility index (Phi) is 5.78. The first-order valence-electron chi connectivity index (χ1n) is 6.53. The van der Waals surface area contributed by atoms with Crippen molar-refractivity contribution in [3.63, 3.8) is 0 Å². The summed E-state index contributed by atoms with van der Waals surface area (Å²) in [6.45, 7) is 1.17. The van der Waals surface area contributed by atoms with Crippen molar-refractivity contribution in [2.24, 2.45) is 5.73 Å². The summed E-state index contributed by atoms with van der Waals surface area (Å²) in [5.74, 6) is 0. The molecule has 0 unspecified atom stereocenters. The fourth-order valence-electron chi connectivity index (χ4n) is 1.90. The van der Waals surface area contributed by atoms with Crippen molar-refractivity contribution < 1.29 is 8.42 Å². The summed E-state index contributed by atoms with van der Waals surface area (Å²) in [5, 5.41) is 0. The fraction of sp³-hybridized carbons (Fsp3) is 0.286. The Morgan fingerprint density at radius 2 is 1.86 bits per heavy atom. The zero-order chi connectivity index (χ0) is 15.3. The zero-order valence-electron chi connectivity index (χ0n) is 11.4. The fourth-order valence-corrected chi connectivity index (χ4v) is 5.01. The van der Waals surface area contributed by atoms with Gasteiger partial charge in [0.1, 0.15) is 4.21 Å². The van der Waals surface area contributed by atoms with Crippen LogP contribution in [0.1, 0.15) is 12.0 Å². The van der Waals surface area contributed by atoms with E-state index in [2.05, 4.69) is 0 Å². The zero-order valence-corrected chi connectivity index (χ0v) is 13.8. The highest BCUT2D eigenvalue weighted by Crippen LogP contribution is 2.29. The number of rotatable bonds is 7. The van der Waals surface area contributed by atoms with Crippen molar-refractivity contribution in [2.75, 3.05) is 13.1 Å². The van der Waals surface area contributed by atoms with Crippen LogP contribution in [0.25, 0.3) is 0 Å². The Balaban J connectivity index is 2.26. The van der Waals surface area contributed by atoms with E-state index < -0.39 is 10.0 Å².